The smallest absolute Gasteiger partial charge is 0.314 e. The average molecular weight is 424 g/mol. The van der Waals surface area contributed by atoms with Crippen LogP contribution in [0.3, 0.4) is 0 Å². The van der Waals surface area contributed by atoms with E-state index in [1.54, 1.807) is 29.1 Å². The van der Waals surface area contributed by atoms with Crippen molar-refractivity contribution in [1.82, 2.24) is 10.1 Å². The summed E-state index contributed by atoms with van der Waals surface area (Å²) < 4.78 is 0.565. The molecular weight excluding hydrogens is 402 g/mol. The topological polar surface area (TPSA) is 71.4 Å². The summed E-state index contributed by atoms with van der Waals surface area (Å²) in [5.74, 6) is 0.149. The Morgan fingerprint density at radius 3 is 2.47 bits per heavy atom. The number of hydrogen-bond acceptors (Lipinski definition) is 5. The molecule has 7 heteroatoms. The van der Waals surface area contributed by atoms with Gasteiger partial charge >= 0.3 is 5.82 Å². The van der Waals surface area contributed by atoms with Crippen molar-refractivity contribution in [3.63, 3.8) is 0 Å². The van der Waals surface area contributed by atoms with Crippen LogP contribution in [0.25, 0.3) is 10.9 Å². The molecule has 0 aliphatic carbocycles. The Balaban J connectivity index is 1.65. The van der Waals surface area contributed by atoms with E-state index in [1.807, 2.05) is 78.9 Å². The van der Waals surface area contributed by atoms with Crippen molar-refractivity contribution in [2.24, 2.45) is 0 Å². The predicted molar refractivity (Wildman–Crippen MR) is 124 cm³/mol. The molecule has 1 aromatic heterocycles. The molecule has 0 saturated carbocycles. The monoisotopic (exact) mass is 424 g/mol. The maximum absolute atomic E-state index is 13.0. The van der Waals surface area contributed by atoms with E-state index in [0.717, 1.165) is 22.2 Å². The number of carbonyl (C=O) groups is 1. The van der Waals surface area contributed by atoms with Crippen LogP contribution in [0.5, 0.6) is 0 Å². The van der Waals surface area contributed by atoms with Crippen molar-refractivity contribution in [1.29, 1.82) is 0 Å². The Hall–Kier alpha value is -4.10. The number of anilines is 2. The first-order valence-corrected chi connectivity index (χ1v) is 10.4. The molecule has 0 bridgehead atoms. The number of rotatable bonds is 3. The quantitative estimate of drug-likeness (QED) is 0.510. The van der Waals surface area contributed by atoms with Gasteiger partial charge in [0.15, 0.2) is 0 Å². The standard InChI is InChI=1S/C25H22N5O2/c1-28-22-14-8-6-12-20(22)25(19-10-3-2-4-11-19)29(17-24(28)31)27-23-16-15-18-9-5-7-13-21(18)26-30(23)32/h2-16,25H,17H2,1H3,(H,26,27,32)/q+1. The highest BCUT2D eigenvalue weighted by Crippen LogP contribution is 2.37. The van der Waals surface area contributed by atoms with E-state index in [2.05, 4.69) is 10.5 Å². The molecule has 1 amide bonds. The van der Waals surface area contributed by atoms with Crippen LogP contribution in [0.4, 0.5) is 11.5 Å². The number of carbonyl (C=O) groups excluding carboxylic acids is 1. The SMILES string of the molecule is CN1C(=O)CN(Nc2ccc3ccccc3n[n+]2=O)C(c2ccccc2)c2ccccc21. The van der Waals surface area contributed by atoms with Gasteiger partial charge in [0.25, 0.3) is 0 Å². The van der Waals surface area contributed by atoms with Crippen molar-refractivity contribution in [3.8, 4) is 0 Å². The molecular formula is C25H22N5O2+. The van der Waals surface area contributed by atoms with E-state index in [4.69, 9.17) is 0 Å². The number of hydrazine groups is 1. The Bertz CT molecular complexity index is 1360. The second kappa shape index (κ2) is 8.20. The van der Waals surface area contributed by atoms with Gasteiger partial charge in [0.05, 0.1) is 0 Å². The minimum atomic E-state index is -0.291. The molecule has 1 N–H and O–H groups in total. The second-order valence-electron chi connectivity index (χ2n) is 7.71. The third kappa shape index (κ3) is 3.59. The van der Waals surface area contributed by atoms with Gasteiger partial charge in [0.1, 0.15) is 22.6 Å². The predicted octanol–water partition coefficient (Wildman–Crippen LogP) is 3.54. The zero-order valence-electron chi connectivity index (χ0n) is 17.6. The molecule has 2 heterocycles. The number of para-hydroxylation sites is 1. The van der Waals surface area contributed by atoms with Crippen LogP contribution in [-0.2, 0) is 4.79 Å². The molecule has 1 aliphatic rings. The molecule has 158 valence electrons. The molecule has 3 aromatic carbocycles. The maximum Gasteiger partial charge on any atom is 0.362 e. The fraction of sp³-hybridized carbons (Fsp3) is 0.120. The summed E-state index contributed by atoms with van der Waals surface area (Å²) in [5, 5.41) is 6.83. The fourth-order valence-corrected chi connectivity index (χ4v) is 4.10. The summed E-state index contributed by atoms with van der Waals surface area (Å²) >= 11 is 0. The molecule has 0 spiro atoms. The van der Waals surface area contributed by atoms with Gasteiger partial charge in [-0.3, -0.25) is 4.79 Å². The lowest BCUT2D eigenvalue weighted by Crippen LogP contribution is -2.42. The molecule has 0 fully saturated rings. The normalized spacial score (nSPS) is 16.5. The van der Waals surface area contributed by atoms with Crippen LogP contribution >= 0.6 is 0 Å². The Morgan fingerprint density at radius 2 is 1.62 bits per heavy atom. The summed E-state index contributed by atoms with van der Waals surface area (Å²) in [6.07, 6.45) is 0. The zero-order chi connectivity index (χ0) is 22.1. The van der Waals surface area contributed by atoms with E-state index in [9.17, 15) is 9.70 Å². The fourth-order valence-electron chi connectivity index (χ4n) is 4.10. The number of amides is 1. The van der Waals surface area contributed by atoms with Crippen LogP contribution in [0, 0.1) is 4.91 Å². The number of fused-ring (bicyclic) bond motifs is 2. The van der Waals surface area contributed by atoms with Crippen molar-refractivity contribution in [2.75, 3.05) is 23.9 Å². The first-order chi connectivity index (χ1) is 15.6. The molecule has 0 radical (unpaired) electrons. The largest absolute Gasteiger partial charge is 0.362 e. The van der Waals surface area contributed by atoms with Crippen molar-refractivity contribution >= 4 is 28.3 Å². The highest BCUT2D eigenvalue weighted by atomic mass is 16.3. The van der Waals surface area contributed by atoms with Crippen LogP contribution in [0.15, 0.2) is 91.0 Å². The Morgan fingerprint density at radius 1 is 0.906 bits per heavy atom. The van der Waals surface area contributed by atoms with E-state index in [-0.39, 0.29) is 24.3 Å². The first kappa shape index (κ1) is 19.8. The summed E-state index contributed by atoms with van der Waals surface area (Å²) in [7, 11) is 1.78. The summed E-state index contributed by atoms with van der Waals surface area (Å²) in [4.78, 5) is 27.5. The lowest BCUT2D eigenvalue weighted by atomic mass is 9.97. The molecule has 4 aromatic rings. The molecule has 1 aliphatic heterocycles. The van der Waals surface area contributed by atoms with Crippen molar-refractivity contribution in [2.45, 2.75) is 6.04 Å². The van der Waals surface area contributed by atoms with Crippen molar-refractivity contribution in [3.05, 3.63) is 107 Å². The number of likely N-dealkylation sites (N-methyl/N-ethyl adjacent to an activating group) is 1. The van der Waals surface area contributed by atoms with Crippen LogP contribution in [0.2, 0.25) is 0 Å². The third-order valence-corrected chi connectivity index (χ3v) is 5.72. The second-order valence-corrected chi connectivity index (χ2v) is 7.71. The molecule has 0 saturated heterocycles. The van der Waals surface area contributed by atoms with Gasteiger partial charge in [0.2, 0.25) is 5.91 Å². The minimum Gasteiger partial charge on any atom is -0.314 e. The molecule has 32 heavy (non-hydrogen) atoms. The van der Waals surface area contributed by atoms with Crippen LogP contribution in [0.1, 0.15) is 17.2 Å². The van der Waals surface area contributed by atoms with Crippen LogP contribution < -0.4 is 14.9 Å². The number of benzene rings is 3. The van der Waals surface area contributed by atoms with Gasteiger partial charge in [-0.1, -0.05) is 66.7 Å². The first-order valence-electron chi connectivity index (χ1n) is 10.4. The van der Waals surface area contributed by atoms with Gasteiger partial charge in [-0.2, -0.15) is 5.43 Å². The molecule has 1 unspecified atom stereocenters. The highest BCUT2D eigenvalue weighted by molar-refractivity contribution is 5.96. The van der Waals surface area contributed by atoms with Gasteiger partial charge in [-0.15, -0.1) is 5.01 Å². The third-order valence-electron chi connectivity index (χ3n) is 5.72. The molecule has 5 rings (SSSR count). The zero-order valence-corrected chi connectivity index (χ0v) is 17.6. The summed E-state index contributed by atoms with van der Waals surface area (Å²) in [6.45, 7) is 0.0723. The van der Waals surface area contributed by atoms with E-state index < -0.39 is 0 Å². The maximum atomic E-state index is 13.0. The summed E-state index contributed by atoms with van der Waals surface area (Å²) in [5.41, 5.74) is 6.60. The van der Waals surface area contributed by atoms with Gasteiger partial charge < -0.3 is 4.90 Å². The lowest BCUT2D eigenvalue weighted by molar-refractivity contribution is -0.546. The molecule has 1 atom stereocenters. The van der Waals surface area contributed by atoms with E-state index in [0.29, 0.717) is 10.1 Å². The lowest BCUT2D eigenvalue weighted by Gasteiger charge is -2.26. The number of aromatic nitrogens is 2. The highest BCUT2D eigenvalue weighted by Gasteiger charge is 2.36. The summed E-state index contributed by atoms with van der Waals surface area (Å²) in [6, 6.07) is 28.5. The molecule has 7 nitrogen and oxygen atoms in total. The van der Waals surface area contributed by atoms with Crippen molar-refractivity contribution < 1.29 is 9.34 Å². The van der Waals surface area contributed by atoms with Crippen LogP contribution in [-0.4, -0.2) is 29.6 Å². The number of hydrogen-bond donors (Lipinski definition) is 1. The number of nitrogens with zero attached hydrogens (tertiary/aromatic N) is 4. The van der Waals surface area contributed by atoms with Gasteiger partial charge in [0, 0.05) is 29.8 Å². The van der Waals surface area contributed by atoms with E-state index in [1.165, 1.54) is 0 Å². The van der Waals surface area contributed by atoms with E-state index >= 15 is 0 Å². The minimum absolute atomic E-state index is 0.0723. The Labute approximate surface area is 185 Å². The van der Waals surface area contributed by atoms with Gasteiger partial charge in [-0.05, 0) is 33.8 Å². The number of nitrogens with one attached hydrogen (secondary N) is 1. The van der Waals surface area contributed by atoms with Gasteiger partial charge in [-0.25, -0.2) is 0 Å². The Kier molecular flexibility index (Phi) is 5.09. The average Bonchev–Trinajstić information content (AvgIpc) is 3.04.